The normalized spacial score (nSPS) is 29.0. The van der Waals surface area contributed by atoms with Gasteiger partial charge in [-0.1, -0.05) is 60.7 Å². The van der Waals surface area contributed by atoms with Gasteiger partial charge in [0.25, 0.3) is 0 Å². The Bertz CT molecular complexity index is 1430. The second-order valence-corrected chi connectivity index (χ2v) is 13.0. The minimum Gasteiger partial charge on any atom is -0.396 e. The highest BCUT2D eigenvalue weighted by atomic mass is 32.2. The number of anilines is 1. The molecule has 0 radical (unpaired) electrons. The van der Waals surface area contributed by atoms with Gasteiger partial charge in [0.05, 0.1) is 16.6 Å². The molecule has 3 aromatic rings. The Labute approximate surface area is 232 Å². The van der Waals surface area contributed by atoms with Gasteiger partial charge in [0.1, 0.15) is 6.04 Å². The molecule has 3 aromatic carbocycles. The van der Waals surface area contributed by atoms with Crippen LogP contribution in [0.25, 0.3) is 10.8 Å². The Hall–Kier alpha value is -3.36. The summed E-state index contributed by atoms with van der Waals surface area (Å²) in [6.07, 6.45) is 1.83. The number of benzene rings is 3. The highest BCUT2D eigenvalue weighted by Gasteiger charge is 2.76. The quantitative estimate of drug-likeness (QED) is 0.400. The first kappa shape index (κ1) is 25.9. The molecule has 0 aliphatic carbocycles. The lowest BCUT2D eigenvalue weighted by Crippen LogP contribution is -2.52. The molecule has 0 saturated carbocycles. The summed E-state index contributed by atoms with van der Waals surface area (Å²) in [6.45, 7) is 2.66. The fourth-order valence-electron chi connectivity index (χ4n) is 6.98. The lowest BCUT2D eigenvalue weighted by Gasteiger charge is -2.34. The molecule has 8 heteroatoms. The summed E-state index contributed by atoms with van der Waals surface area (Å²) in [4.78, 5) is 43.3. The van der Waals surface area contributed by atoms with Crippen molar-refractivity contribution in [3.05, 3.63) is 78.4 Å². The van der Waals surface area contributed by atoms with Crippen molar-refractivity contribution in [1.82, 2.24) is 10.2 Å². The SMILES string of the molecule is C[C@]12CCC3(S1)C(C(=O)Nc1ccc4ccccc4c1)N(CCCO)C(=O)[C@@H]3[C@H]2C(=O)NCc1ccccc1. The van der Waals surface area contributed by atoms with Gasteiger partial charge in [0.15, 0.2) is 0 Å². The fourth-order valence-corrected chi connectivity index (χ4v) is 9.34. The molecule has 2 unspecified atom stereocenters. The second-order valence-electron chi connectivity index (χ2n) is 11.1. The standard InChI is InChI=1S/C31H33N3O4S/c1-30-14-15-31(39-30)25(24(30)27(36)32-19-20-8-3-2-4-9-20)29(38)34(16-7-17-35)26(31)28(37)33-23-13-12-21-10-5-6-11-22(21)18-23/h2-6,8-13,18,24-26,35H,7,14-17,19H2,1H3,(H,32,36)(H,33,37)/t24-,25-,26?,30+,31?/m0/s1. The van der Waals surface area contributed by atoms with Gasteiger partial charge in [-0.05, 0) is 54.7 Å². The number of aliphatic hydroxyl groups is 1. The van der Waals surface area contributed by atoms with E-state index in [0.717, 1.165) is 22.8 Å². The predicted molar refractivity (Wildman–Crippen MR) is 153 cm³/mol. The zero-order valence-electron chi connectivity index (χ0n) is 21.9. The minimum absolute atomic E-state index is 0.0771. The summed E-state index contributed by atoms with van der Waals surface area (Å²) < 4.78 is -1.11. The summed E-state index contributed by atoms with van der Waals surface area (Å²) in [5.41, 5.74) is 1.67. The smallest absolute Gasteiger partial charge is 0.248 e. The van der Waals surface area contributed by atoms with Crippen LogP contribution in [0.1, 0.15) is 31.7 Å². The number of fused-ring (bicyclic) bond motifs is 2. The van der Waals surface area contributed by atoms with Gasteiger partial charge in [-0.2, -0.15) is 0 Å². The number of carbonyl (C=O) groups excluding carboxylic acids is 3. The molecule has 7 nitrogen and oxygen atoms in total. The average molecular weight is 544 g/mol. The predicted octanol–water partition coefficient (Wildman–Crippen LogP) is 3.96. The maximum Gasteiger partial charge on any atom is 0.248 e. The van der Waals surface area contributed by atoms with Crippen LogP contribution in [0.4, 0.5) is 5.69 Å². The van der Waals surface area contributed by atoms with Crippen molar-refractivity contribution in [3.63, 3.8) is 0 Å². The van der Waals surface area contributed by atoms with E-state index in [2.05, 4.69) is 17.6 Å². The molecule has 3 heterocycles. The maximum atomic E-state index is 14.0. The molecular weight excluding hydrogens is 510 g/mol. The number of likely N-dealkylation sites (tertiary alicyclic amines) is 1. The van der Waals surface area contributed by atoms with Crippen LogP contribution < -0.4 is 10.6 Å². The number of thioether (sulfide) groups is 1. The number of rotatable bonds is 8. The van der Waals surface area contributed by atoms with Crippen molar-refractivity contribution in [1.29, 1.82) is 0 Å². The van der Waals surface area contributed by atoms with Gasteiger partial charge < -0.3 is 20.6 Å². The molecule has 3 fully saturated rings. The van der Waals surface area contributed by atoms with Gasteiger partial charge in [0, 0.05) is 30.1 Å². The number of amides is 3. The summed E-state index contributed by atoms with van der Waals surface area (Å²) in [6, 6.07) is 22.8. The topological polar surface area (TPSA) is 98.7 Å². The summed E-state index contributed by atoms with van der Waals surface area (Å²) in [5, 5.41) is 17.8. The van der Waals surface area contributed by atoms with E-state index in [0.29, 0.717) is 25.1 Å². The van der Waals surface area contributed by atoms with Gasteiger partial charge in [0.2, 0.25) is 17.7 Å². The molecule has 6 rings (SSSR count). The van der Waals surface area contributed by atoms with Crippen LogP contribution in [0, 0.1) is 11.8 Å². The van der Waals surface area contributed by atoms with Crippen molar-refractivity contribution < 1.29 is 19.5 Å². The van der Waals surface area contributed by atoms with E-state index >= 15 is 0 Å². The van der Waals surface area contributed by atoms with Crippen molar-refractivity contribution in [2.75, 3.05) is 18.5 Å². The second kappa shape index (κ2) is 9.99. The van der Waals surface area contributed by atoms with E-state index in [1.54, 1.807) is 16.7 Å². The van der Waals surface area contributed by atoms with Crippen molar-refractivity contribution >= 4 is 45.9 Å². The highest BCUT2D eigenvalue weighted by Crippen LogP contribution is 2.71. The van der Waals surface area contributed by atoms with Crippen LogP contribution in [-0.4, -0.2) is 56.4 Å². The molecule has 39 heavy (non-hydrogen) atoms. The lowest BCUT2D eigenvalue weighted by molar-refractivity contribution is -0.140. The van der Waals surface area contributed by atoms with Gasteiger partial charge in [-0.25, -0.2) is 0 Å². The van der Waals surface area contributed by atoms with E-state index in [9.17, 15) is 19.5 Å². The van der Waals surface area contributed by atoms with Crippen molar-refractivity contribution in [2.24, 2.45) is 11.8 Å². The molecule has 1 spiro atoms. The number of carbonyl (C=O) groups is 3. The lowest BCUT2D eigenvalue weighted by atomic mass is 9.66. The third kappa shape index (κ3) is 4.30. The number of nitrogens with one attached hydrogen (secondary N) is 2. The number of hydrogen-bond donors (Lipinski definition) is 3. The van der Waals surface area contributed by atoms with E-state index in [1.807, 2.05) is 72.8 Å². The number of nitrogens with zero attached hydrogens (tertiary/aromatic N) is 1. The first-order valence-electron chi connectivity index (χ1n) is 13.6. The van der Waals surface area contributed by atoms with E-state index in [1.165, 1.54) is 0 Å². The largest absolute Gasteiger partial charge is 0.396 e. The van der Waals surface area contributed by atoms with Gasteiger partial charge in [-0.15, -0.1) is 11.8 Å². The fraction of sp³-hybridized carbons (Fsp3) is 0.387. The maximum absolute atomic E-state index is 14.0. The molecule has 3 saturated heterocycles. The molecular formula is C31H33N3O4S. The van der Waals surface area contributed by atoms with Crippen LogP contribution in [0.2, 0.25) is 0 Å². The highest BCUT2D eigenvalue weighted by molar-refractivity contribution is 8.02. The van der Waals surface area contributed by atoms with Crippen LogP contribution in [0.3, 0.4) is 0 Å². The van der Waals surface area contributed by atoms with E-state index in [-0.39, 0.29) is 30.9 Å². The Morgan fingerprint density at radius 1 is 1.00 bits per heavy atom. The van der Waals surface area contributed by atoms with E-state index < -0.39 is 27.4 Å². The summed E-state index contributed by atoms with van der Waals surface area (Å²) in [7, 11) is 0. The Kier molecular flexibility index (Phi) is 6.63. The van der Waals surface area contributed by atoms with Gasteiger partial charge in [-0.3, -0.25) is 14.4 Å². The van der Waals surface area contributed by atoms with E-state index in [4.69, 9.17) is 0 Å². The monoisotopic (exact) mass is 543 g/mol. The van der Waals surface area contributed by atoms with Crippen LogP contribution >= 0.6 is 11.8 Å². The van der Waals surface area contributed by atoms with Crippen LogP contribution in [0.15, 0.2) is 72.8 Å². The minimum atomic E-state index is -0.716. The van der Waals surface area contributed by atoms with Crippen LogP contribution in [-0.2, 0) is 20.9 Å². The van der Waals surface area contributed by atoms with Crippen LogP contribution in [0.5, 0.6) is 0 Å². The first-order chi connectivity index (χ1) is 18.9. The third-order valence-electron chi connectivity index (χ3n) is 8.69. The van der Waals surface area contributed by atoms with Gasteiger partial charge >= 0.3 is 0 Å². The molecule has 5 atom stereocenters. The molecule has 2 bridgehead atoms. The molecule has 0 aromatic heterocycles. The third-order valence-corrected chi connectivity index (χ3v) is 10.7. The first-order valence-corrected chi connectivity index (χ1v) is 14.4. The molecule has 3 amide bonds. The Morgan fingerprint density at radius 3 is 2.51 bits per heavy atom. The number of aliphatic hydroxyl groups excluding tert-OH is 1. The average Bonchev–Trinajstić information content (AvgIpc) is 3.51. The number of hydrogen-bond acceptors (Lipinski definition) is 5. The Balaban J connectivity index is 1.30. The van der Waals surface area contributed by atoms with Crippen molar-refractivity contribution in [3.8, 4) is 0 Å². The summed E-state index contributed by atoms with van der Waals surface area (Å²) in [5.74, 6) is -1.63. The molecule has 3 aliphatic rings. The summed E-state index contributed by atoms with van der Waals surface area (Å²) >= 11 is 1.65. The zero-order chi connectivity index (χ0) is 27.2. The zero-order valence-corrected chi connectivity index (χ0v) is 22.7. The molecule has 202 valence electrons. The molecule has 3 N–H and O–H groups in total. The van der Waals surface area contributed by atoms with Crippen molar-refractivity contribution in [2.45, 2.75) is 48.3 Å². The Morgan fingerprint density at radius 2 is 1.74 bits per heavy atom. The molecule has 3 aliphatic heterocycles.